The molecule has 0 aliphatic carbocycles. The third-order valence-electron chi connectivity index (χ3n) is 2.69. The Bertz CT molecular complexity index is 608. The second kappa shape index (κ2) is 7.90. The number of ether oxygens (including phenoxy) is 2. The number of aromatic nitrogens is 2. The summed E-state index contributed by atoms with van der Waals surface area (Å²) in [7, 11) is 0. The van der Waals surface area contributed by atoms with Gasteiger partial charge in [0, 0.05) is 23.8 Å². The molecule has 0 bridgehead atoms. The van der Waals surface area contributed by atoms with Crippen LogP contribution in [-0.4, -0.2) is 22.0 Å². The van der Waals surface area contributed by atoms with Gasteiger partial charge in [-0.15, -0.1) is 10.2 Å². The van der Waals surface area contributed by atoms with Gasteiger partial charge in [-0.3, -0.25) is 0 Å². The molecule has 0 aliphatic heterocycles. The lowest BCUT2D eigenvalue weighted by molar-refractivity contribution is 0.243. The molecule has 0 saturated carbocycles. The van der Waals surface area contributed by atoms with Crippen LogP contribution in [0, 0.1) is 0 Å². The maximum atomic E-state index is 5.88. The van der Waals surface area contributed by atoms with E-state index in [1.54, 1.807) is 6.07 Å². The second-order valence-corrected chi connectivity index (χ2v) is 5.02. The Morgan fingerprint density at radius 2 is 2.00 bits per heavy atom. The number of hydrogen-bond donors (Lipinski definition) is 0. The number of thiocarbonyl (C=S) groups is 1. The summed E-state index contributed by atoms with van der Waals surface area (Å²) >= 11 is 10.9. The molecule has 0 amide bonds. The van der Waals surface area contributed by atoms with Crippen LogP contribution in [0.2, 0.25) is 5.15 Å². The molecule has 0 fully saturated rings. The fourth-order valence-electron chi connectivity index (χ4n) is 1.65. The largest absolute Gasteiger partial charge is 0.457 e. The Morgan fingerprint density at radius 3 is 2.71 bits per heavy atom. The van der Waals surface area contributed by atoms with Gasteiger partial charge in [-0.25, -0.2) is 0 Å². The fourth-order valence-corrected chi connectivity index (χ4v) is 1.96. The topological polar surface area (TPSA) is 44.2 Å². The smallest absolute Gasteiger partial charge is 0.357 e. The van der Waals surface area contributed by atoms with Crippen molar-refractivity contribution in [1.29, 1.82) is 0 Å². The van der Waals surface area contributed by atoms with E-state index in [4.69, 9.17) is 33.3 Å². The van der Waals surface area contributed by atoms with Crippen molar-refractivity contribution >= 4 is 29.1 Å². The van der Waals surface area contributed by atoms with Gasteiger partial charge in [0.2, 0.25) is 0 Å². The molecule has 2 aromatic rings. The van der Waals surface area contributed by atoms with Crippen molar-refractivity contribution in [2.75, 3.05) is 6.61 Å². The van der Waals surface area contributed by atoms with E-state index in [1.165, 1.54) is 0 Å². The molecule has 110 valence electrons. The van der Waals surface area contributed by atoms with E-state index < -0.39 is 0 Å². The van der Waals surface area contributed by atoms with Crippen LogP contribution in [0.15, 0.2) is 36.4 Å². The van der Waals surface area contributed by atoms with Crippen molar-refractivity contribution < 1.29 is 9.47 Å². The molecule has 0 N–H and O–H groups in total. The Balaban J connectivity index is 2.18. The average molecular weight is 323 g/mol. The number of benzene rings is 1. The van der Waals surface area contributed by atoms with E-state index in [-0.39, 0.29) is 10.4 Å². The summed E-state index contributed by atoms with van der Waals surface area (Å²) in [6, 6.07) is 11.1. The summed E-state index contributed by atoms with van der Waals surface area (Å²) in [6.07, 6.45) is 1.95. The highest BCUT2D eigenvalue weighted by molar-refractivity contribution is 7.79. The third-order valence-corrected chi connectivity index (χ3v) is 3.07. The summed E-state index contributed by atoms with van der Waals surface area (Å²) in [4.78, 5) is 0. The maximum Gasteiger partial charge on any atom is 0.357 e. The first-order valence-corrected chi connectivity index (χ1v) is 7.42. The first-order valence-electron chi connectivity index (χ1n) is 6.64. The van der Waals surface area contributed by atoms with Crippen LogP contribution in [0.25, 0.3) is 11.3 Å². The van der Waals surface area contributed by atoms with Gasteiger partial charge in [0.1, 0.15) is 5.69 Å². The van der Waals surface area contributed by atoms with Gasteiger partial charge in [0.25, 0.3) is 0 Å². The second-order valence-electron chi connectivity index (χ2n) is 4.30. The zero-order valence-corrected chi connectivity index (χ0v) is 13.2. The number of nitrogens with zero attached hydrogens (tertiary/aromatic N) is 2. The first kappa shape index (κ1) is 15.7. The number of rotatable bonds is 5. The predicted octanol–water partition coefficient (Wildman–Crippen LogP) is 4.28. The van der Waals surface area contributed by atoms with Crippen LogP contribution in [0.4, 0.5) is 0 Å². The monoisotopic (exact) mass is 322 g/mol. The third kappa shape index (κ3) is 4.65. The first-order chi connectivity index (χ1) is 10.2. The molecule has 0 spiro atoms. The Hall–Kier alpha value is -1.72. The molecule has 6 heteroatoms. The molecule has 0 unspecified atom stereocenters. The summed E-state index contributed by atoms with van der Waals surface area (Å²) in [5, 5.41) is 8.22. The molecular formula is C15H15ClN2O2S. The van der Waals surface area contributed by atoms with E-state index >= 15 is 0 Å². The Kier molecular flexibility index (Phi) is 5.90. The van der Waals surface area contributed by atoms with Gasteiger partial charge < -0.3 is 9.47 Å². The predicted molar refractivity (Wildman–Crippen MR) is 86.6 cm³/mol. The summed E-state index contributed by atoms with van der Waals surface area (Å²) < 4.78 is 10.9. The maximum absolute atomic E-state index is 5.88. The molecule has 0 atom stereocenters. The van der Waals surface area contributed by atoms with Crippen LogP contribution in [0.5, 0.6) is 5.75 Å². The number of halogens is 1. The van der Waals surface area contributed by atoms with E-state index in [9.17, 15) is 0 Å². The lowest BCUT2D eigenvalue weighted by atomic mass is 10.1. The van der Waals surface area contributed by atoms with Crippen LogP contribution >= 0.6 is 23.8 Å². The van der Waals surface area contributed by atoms with Gasteiger partial charge in [-0.2, -0.15) is 0 Å². The Morgan fingerprint density at radius 1 is 1.24 bits per heavy atom. The highest BCUT2D eigenvalue weighted by Crippen LogP contribution is 2.29. The molecule has 1 aromatic heterocycles. The van der Waals surface area contributed by atoms with Crippen LogP contribution in [0.1, 0.15) is 19.8 Å². The van der Waals surface area contributed by atoms with Gasteiger partial charge in [-0.05, 0) is 6.42 Å². The SMILES string of the molecule is CCCCOC(=S)Oc1cc(Cl)nnc1-c1ccccc1. The van der Waals surface area contributed by atoms with Crippen molar-refractivity contribution in [1.82, 2.24) is 10.2 Å². The molecule has 2 rings (SSSR count). The molecule has 4 nitrogen and oxygen atoms in total. The minimum Gasteiger partial charge on any atom is -0.457 e. The average Bonchev–Trinajstić information content (AvgIpc) is 2.48. The molecule has 1 heterocycles. The lowest BCUT2D eigenvalue weighted by Crippen LogP contribution is -2.12. The zero-order valence-electron chi connectivity index (χ0n) is 11.6. The van der Waals surface area contributed by atoms with Crippen molar-refractivity contribution in [3.63, 3.8) is 0 Å². The van der Waals surface area contributed by atoms with E-state index in [2.05, 4.69) is 17.1 Å². The van der Waals surface area contributed by atoms with Gasteiger partial charge in [0.15, 0.2) is 10.9 Å². The van der Waals surface area contributed by atoms with Crippen LogP contribution in [-0.2, 0) is 4.74 Å². The molecular weight excluding hydrogens is 308 g/mol. The van der Waals surface area contributed by atoms with Crippen molar-refractivity contribution in [3.8, 4) is 17.0 Å². The molecule has 0 radical (unpaired) electrons. The summed E-state index contributed by atoms with van der Waals surface area (Å²) in [5.74, 6) is 0.433. The zero-order chi connectivity index (χ0) is 15.1. The van der Waals surface area contributed by atoms with Crippen LogP contribution < -0.4 is 4.74 Å². The summed E-state index contributed by atoms with van der Waals surface area (Å²) in [5.41, 5.74) is 1.44. The van der Waals surface area contributed by atoms with E-state index in [0.717, 1.165) is 18.4 Å². The number of unbranched alkanes of at least 4 members (excludes halogenated alkanes) is 1. The minimum atomic E-state index is 0.0599. The highest BCUT2D eigenvalue weighted by Gasteiger charge is 2.13. The van der Waals surface area contributed by atoms with Crippen molar-refractivity contribution in [2.24, 2.45) is 0 Å². The number of hydrogen-bond acceptors (Lipinski definition) is 5. The van der Waals surface area contributed by atoms with Gasteiger partial charge in [0.05, 0.1) is 6.61 Å². The van der Waals surface area contributed by atoms with E-state index in [0.29, 0.717) is 18.1 Å². The normalized spacial score (nSPS) is 10.2. The van der Waals surface area contributed by atoms with Crippen molar-refractivity contribution in [2.45, 2.75) is 19.8 Å². The summed E-state index contributed by atoms with van der Waals surface area (Å²) in [6.45, 7) is 2.61. The highest BCUT2D eigenvalue weighted by atomic mass is 35.5. The molecule has 0 aliphatic rings. The van der Waals surface area contributed by atoms with Gasteiger partial charge >= 0.3 is 5.24 Å². The van der Waals surface area contributed by atoms with E-state index in [1.807, 2.05) is 30.3 Å². The van der Waals surface area contributed by atoms with Crippen LogP contribution in [0.3, 0.4) is 0 Å². The minimum absolute atomic E-state index is 0.0599. The molecule has 21 heavy (non-hydrogen) atoms. The van der Waals surface area contributed by atoms with Crippen molar-refractivity contribution in [3.05, 3.63) is 41.6 Å². The lowest BCUT2D eigenvalue weighted by Gasteiger charge is -2.11. The quantitative estimate of drug-likeness (QED) is 0.607. The van der Waals surface area contributed by atoms with Gasteiger partial charge in [-0.1, -0.05) is 55.3 Å². The molecule has 0 saturated heterocycles. The fraction of sp³-hybridized carbons (Fsp3) is 0.267. The standard InChI is InChI=1S/C15H15ClN2O2S/c1-2-3-9-19-15(21)20-12-10-13(16)17-18-14(12)11-7-5-4-6-8-11/h4-8,10H,2-3,9H2,1H3. The molecule has 1 aromatic carbocycles. The Labute approximate surface area is 134 Å².